The lowest BCUT2D eigenvalue weighted by molar-refractivity contribution is -0.134. The third-order valence-corrected chi connectivity index (χ3v) is 4.97. The lowest BCUT2D eigenvalue weighted by atomic mass is 9.91. The zero-order chi connectivity index (χ0) is 15.4. The van der Waals surface area contributed by atoms with Crippen molar-refractivity contribution in [1.82, 2.24) is 5.32 Å². The number of benzene rings is 1. The fourth-order valence-electron chi connectivity index (χ4n) is 3.50. The van der Waals surface area contributed by atoms with Gasteiger partial charge in [0.1, 0.15) is 6.10 Å². The van der Waals surface area contributed by atoms with Crippen molar-refractivity contribution in [1.29, 1.82) is 0 Å². The van der Waals surface area contributed by atoms with Crippen molar-refractivity contribution in [2.75, 3.05) is 6.54 Å². The summed E-state index contributed by atoms with van der Waals surface area (Å²) in [6.07, 6.45) is 7.12. The molecule has 0 bridgehead atoms. The predicted octanol–water partition coefficient (Wildman–Crippen LogP) is 2.72. The monoisotopic (exact) mass is 338 g/mol. The summed E-state index contributed by atoms with van der Waals surface area (Å²) in [5, 5.41) is 3.03. The van der Waals surface area contributed by atoms with E-state index in [-0.39, 0.29) is 30.0 Å². The second-order valence-electron chi connectivity index (χ2n) is 6.77. The van der Waals surface area contributed by atoms with Crippen LogP contribution in [0.2, 0.25) is 0 Å². The summed E-state index contributed by atoms with van der Waals surface area (Å²) >= 11 is 0. The first-order valence-electron chi connectivity index (χ1n) is 8.41. The van der Waals surface area contributed by atoms with Crippen LogP contribution in [0.4, 0.5) is 0 Å². The second-order valence-corrected chi connectivity index (χ2v) is 6.77. The van der Waals surface area contributed by atoms with Crippen molar-refractivity contribution in [3.05, 3.63) is 35.4 Å². The Balaban J connectivity index is 0.00000192. The maximum absolute atomic E-state index is 12.4. The molecule has 3 N–H and O–H groups in total. The first-order chi connectivity index (χ1) is 10.7. The number of nitrogens with two attached hydrogens (primary N) is 1. The highest BCUT2D eigenvalue weighted by molar-refractivity contribution is 5.85. The first-order valence-corrected chi connectivity index (χ1v) is 8.41. The number of hydrogen-bond acceptors (Lipinski definition) is 3. The molecule has 0 saturated heterocycles. The summed E-state index contributed by atoms with van der Waals surface area (Å²) in [6.45, 7) is 1.08. The smallest absolute Gasteiger partial charge is 0.249 e. The molecule has 1 atom stereocenters. The van der Waals surface area contributed by atoms with E-state index >= 15 is 0 Å². The highest BCUT2D eigenvalue weighted by Crippen LogP contribution is 2.25. The van der Waals surface area contributed by atoms with Gasteiger partial charge in [-0.3, -0.25) is 4.79 Å². The van der Waals surface area contributed by atoms with Crippen LogP contribution in [0.5, 0.6) is 0 Å². The SMILES string of the molecule is Cl.NC1(CNC(=O)C2Cc3ccccc3CO2)CCCCCC1. The minimum atomic E-state index is -0.385. The molecule has 0 spiro atoms. The van der Waals surface area contributed by atoms with Gasteiger partial charge in [0.25, 0.3) is 0 Å². The molecular weight excluding hydrogens is 312 g/mol. The summed E-state index contributed by atoms with van der Waals surface area (Å²) in [7, 11) is 0. The average Bonchev–Trinajstić information content (AvgIpc) is 2.77. The molecule has 1 heterocycles. The molecule has 1 aromatic carbocycles. The lowest BCUT2D eigenvalue weighted by Gasteiger charge is -2.30. The van der Waals surface area contributed by atoms with Gasteiger partial charge in [0.05, 0.1) is 6.61 Å². The molecule has 0 aromatic heterocycles. The van der Waals surface area contributed by atoms with Crippen molar-refractivity contribution in [3.8, 4) is 0 Å². The molecule has 1 unspecified atom stereocenters. The molecule has 1 aliphatic carbocycles. The van der Waals surface area contributed by atoms with Crippen molar-refractivity contribution < 1.29 is 9.53 Å². The Labute approximate surface area is 144 Å². The highest BCUT2D eigenvalue weighted by atomic mass is 35.5. The Morgan fingerprint density at radius 2 is 1.83 bits per heavy atom. The Kier molecular flexibility index (Phi) is 6.45. The number of hydrogen-bond donors (Lipinski definition) is 2. The molecule has 3 rings (SSSR count). The van der Waals surface area contributed by atoms with E-state index in [0.29, 0.717) is 19.6 Å². The van der Waals surface area contributed by atoms with Gasteiger partial charge in [0.15, 0.2) is 0 Å². The standard InChI is InChI=1S/C18H26N2O2.ClH/c19-18(9-5-1-2-6-10-18)13-20-17(21)16-11-14-7-3-4-8-15(14)12-22-16;/h3-4,7-8,16H,1-2,5-6,9-13,19H2,(H,20,21);1H. The zero-order valence-corrected chi connectivity index (χ0v) is 14.4. The van der Waals surface area contributed by atoms with E-state index in [4.69, 9.17) is 10.5 Å². The van der Waals surface area contributed by atoms with Gasteiger partial charge < -0.3 is 15.8 Å². The zero-order valence-electron chi connectivity index (χ0n) is 13.6. The summed E-state index contributed by atoms with van der Waals surface area (Å²) in [5.41, 5.74) is 8.62. The number of carbonyl (C=O) groups is 1. The van der Waals surface area contributed by atoms with Crippen LogP contribution >= 0.6 is 12.4 Å². The van der Waals surface area contributed by atoms with Crippen LogP contribution in [0.25, 0.3) is 0 Å². The molecule has 1 aliphatic heterocycles. The summed E-state index contributed by atoms with van der Waals surface area (Å²) in [6, 6.07) is 8.16. The molecule has 1 amide bonds. The van der Waals surface area contributed by atoms with Crippen LogP contribution in [0.1, 0.15) is 49.7 Å². The van der Waals surface area contributed by atoms with Gasteiger partial charge in [-0.15, -0.1) is 12.4 Å². The van der Waals surface area contributed by atoms with Crippen LogP contribution < -0.4 is 11.1 Å². The van der Waals surface area contributed by atoms with Gasteiger partial charge in [0, 0.05) is 18.5 Å². The number of ether oxygens (including phenoxy) is 1. The molecule has 4 nitrogen and oxygen atoms in total. The number of rotatable bonds is 3. The van der Waals surface area contributed by atoms with Crippen LogP contribution in [0, 0.1) is 0 Å². The molecule has 128 valence electrons. The number of halogens is 1. The van der Waals surface area contributed by atoms with Gasteiger partial charge in [-0.25, -0.2) is 0 Å². The van der Waals surface area contributed by atoms with Crippen LogP contribution in [0.15, 0.2) is 24.3 Å². The predicted molar refractivity (Wildman–Crippen MR) is 93.6 cm³/mol. The van der Waals surface area contributed by atoms with Crippen molar-refractivity contribution in [2.24, 2.45) is 5.73 Å². The van der Waals surface area contributed by atoms with Gasteiger partial charge in [-0.1, -0.05) is 49.9 Å². The van der Waals surface area contributed by atoms with Crippen molar-refractivity contribution in [2.45, 2.75) is 63.2 Å². The highest BCUT2D eigenvalue weighted by Gasteiger charge is 2.30. The van der Waals surface area contributed by atoms with Crippen LogP contribution in [0.3, 0.4) is 0 Å². The topological polar surface area (TPSA) is 64.3 Å². The molecule has 0 radical (unpaired) electrons. The van der Waals surface area contributed by atoms with Gasteiger partial charge in [0.2, 0.25) is 5.91 Å². The van der Waals surface area contributed by atoms with E-state index < -0.39 is 0 Å². The molecular formula is C18H27ClN2O2. The molecule has 1 fully saturated rings. The maximum atomic E-state index is 12.4. The third-order valence-electron chi connectivity index (χ3n) is 4.97. The first kappa shape index (κ1) is 18.2. The summed E-state index contributed by atoms with van der Waals surface area (Å²) in [5.74, 6) is -0.0245. The molecule has 5 heteroatoms. The van der Waals surface area contributed by atoms with E-state index in [1.54, 1.807) is 0 Å². The third kappa shape index (κ3) is 4.69. The molecule has 1 saturated carbocycles. The minimum Gasteiger partial charge on any atom is -0.363 e. The Morgan fingerprint density at radius 1 is 1.17 bits per heavy atom. The lowest BCUT2D eigenvalue weighted by Crippen LogP contribution is -2.52. The number of amides is 1. The molecule has 23 heavy (non-hydrogen) atoms. The summed E-state index contributed by atoms with van der Waals surface area (Å²) in [4.78, 5) is 12.4. The van der Waals surface area contributed by atoms with Crippen molar-refractivity contribution in [3.63, 3.8) is 0 Å². The van der Waals surface area contributed by atoms with E-state index in [1.165, 1.54) is 36.8 Å². The van der Waals surface area contributed by atoms with Crippen molar-refractivity contribution >= 4 is 18.3 Å². The quantitative estimate of drug-likeness (QED) is 0.833. The largest absolute Gasteiger partial charge is 0.363 e. The maximum Gasteiger partial charge on any atom is 0.249 e. The van der Waals surface area contributed by atoms with E-state index in [2.05, 4.69) is 17.4 Å². The molecule has 2 aliphatic rings. The normalized spacial score (nSPS) is 23.1. The number of carbonyl (C=O) groups excluding carboxylic acids is 1. The second kappa shape index (κ2) is 8.13. The number of nitrogens with one attached hydrogen (secondary N) is 1. The van der Waals surface area contributed by atoms with E-state index in [9.17, 15) is 4.79 Å². The van der Waals surface area contributed by atoms with Gasteiger partial charge >= 0.3 is 0 Å². The average molecular weight is 339 g/mol. The number of fused-ring (bicyclic) bond motifs is 1. The summed E-state index contributed by atoms with van der Waals surface area (Å²) < 4.78 is 5.71. The van der Waals surface area contributed by atoms with Crippen LogP contribution in [-0.2, 0) is 22.6 Å². The Hall–Kier alpha value is -1.10. The van der Waals surface area contributed by atoms with E-state index in [1.807, 2.05) is 12.1 Å². The Bertz CT molecular complexity index is 528. The fourth-order valence-corrected chi connectivity index (χ4v) is 3.50. The fraction of sp³-hybridized carbons (Fsp3) is 0.611. The van der Waals surface area contributed by atoms with Crippen LogP contribution in [-0.4, -0.2) is 24.1 Å². The Morgan fingerprint density at radius 3 is 2.52 bits per heavy atom. The minimum absolute atomic E-state index is 0. The van der Waals surface area contributed by atoms with E-state index in [0.717, 1.165) is 12.8 Å². The van der Waals surface area contributed by atoms with Gasteiger partial charge in [-0.05, 0) is 24.0 Å². The molecule has 1 aromatic rings. The van der Waals surface area contributed by atoms with Gasteiger partial charge in [-0.2, -0.15) is 0 Å².